The highest BCUT2D eigenvalue weighted by Gasteiger charge is 2.32. The molecule has 9 heteroatoms. The molecule has 1 saturated carbocycles. The van der Waals surface area contributed by atoms with Crippen LogP contribution in [0.3, 0.4) is 0 Å². The minimum absolute atomic E-state index is 0.100. The van der Waals surface area contributed by atoms with Gasteiger partial charge in [-0.2, -0.15) is 13.5 Å². The van der Waals surface area contributed by atoms with Gasteiger partial charge in [-0.1, -0.05) is 29.8 Å². The van der Waals surface area contributed by atoms with Crippen LogP contribution in [-0.4, -0.2) is 39.9 Å². The van der Waals surface area contributed by atoms with Crippen LogP contribution in [-0.2, 0) is 19.6 Å². The van der Waals surface area contributed by atoms with Crippen molar-refractivity contribution in [2.24, 2.45) is 11.0 Å². The lowest BCUT2D eigenvalue weighted by atomic mass is 9.80. The fraction of sp³-hybridized carbons (Fsp3) is 0.360. The Balaban J connectivity index is 1.86. The monoisotopic (exact) mass is 485 g/mol. The van der Waals surface area contributed by atoms with Crippen molar-refractivity contribution in [3.05, 3.63) is 66.2 Å². The molecule has 3 rings (SSSR count). The summed E-state index contributed by atoms with van der Waals surface area (Å²) in [6, 6.07) is 13.6. The molecule has 0 saturated heterocycles. The summed E-state index contributed by atoms with van der Waals surface area (Å²) in [5.41, 5.74) is 3.50. The molecule has 0 amide bonds. The number of allylic oxidation sites excluding steroid dienone is 1. The molecule has 0 heterocycles. The lowest BCUT2D eigenvalue weighted by Gasteiger charge is -2.33. The Bertz CT molecular complexity index is 1140. The first-order valence-corrected chi connectivity index (χ1v) is 12.5. The van der Waals surface area contributed by atoms with E-state index in [2.05, 4.69) is 21.8 Å². The summed E-state index contributed by atoms with van der Waals surface area (Å²) in [5.74, 6) is 0.110. The molecule has 1 aliphatic carbocycles. The Kier molecular flexibility index (Phi) is 8.33. The summed E-state index contributed by atoms with van der Waals surface area (Å²) >= 11 is 0. The van der Waals surface area contributed by atoms with Gasteiger partial charge in [-0.3, -0.25) is 4.79 Å². The fourth-order valence-corrected chi connectivity index (χ4v) is 4.63. The first-order chi connectivity index (χ1) is 16.2. The van der Waals surface area contributed by atoms with Gasteiger partial charge in [0.25, 0.3) is 10.0 Å². The zero-order chi connectivity index (χ0) is 24.7. The predicted octanol–water partition coefficient (Wildman–Crippen LogP) is 4.04. The molecule has 0 aromatic heterocycles. The largest absolute Gasteiger partial charge is 0.497 e. The number of esters is 1. The topological polar surface area (TPSA) is 106 Å². The van der Waals surface area contributed by atoms with Gasteiger partial charge in [0.2, 0.25) is 0 Å². The van der Waals surface area contributed by atoms with Crippen LogP contribution in [0.2, 0.25) is 0 Å². The van der Waals surface area contributed by atoms with Gasteiger partial charge in [-0.05, 0) is 62.6 Å². The number of anilines is 1. The van der Waals surface area contributed by atoms with E-state index < -0.39 is 16.0 Å². The number of ether oxygens (including phenoxy) is 2. The molecule has 34 heavy (non-hydrogen) atoms. The lowest BCUT2D eigenvalue weighted by Crippen LogP contribution is -2.41. The van der Waals surface area contributed by atoms with Crippen LogP contribution >= 0.6 is 0 Å². The van der Waals surface area contributed by atoms with E-state index in [1.165, 1.54) is 6.92 Å². The first kappa shape index (κ1) is 25.3. The van der Waals surface area contributed by atoms with Crippen LogP contribution < -0.4 is 14.9 Å². The molecule has 0 bridgehead atoms. The molecule has 8 nitrogen and oxygen atoms in total. The maximum absolute atomic E-state index is 12.8. The molecule has 0 aliphatic heterocycles. The minimum Gasteiger partial charge on any atom is -0.497 e. The number of carbonyl (C=O) groups is 1. The average Bonchev–Trinajstić information content (AvgIpc) is 2.81. The van der Waals surface area contributed by atoms with Gasteiger partial charge in [0, 0.05) is 24.2 Å². The van der Waals surface area contributed by atoms with Crippen LogP contribution in [0.1, 0.15) is 31.7 Å². The second-order valence-electron chi connectivity index (χ2n) is 8.35. The molecule has 2 N–H and O–H groups in total. The maximum Gasteiger partial charge on any atom is 0.302 e. The van der Waals surface area contributed by atoms with Crippen molar-refractivity contribution < 1.29 is 22.7 Å². The van der Waals surface area contributed by atoms with Crippen molar-refractivity contribution >= 4 is 27.4 Å². The molecule has 0 unspecified atom stereocenters. The van der Waals surface area contributed by atoms with E-state index in [0.717, 1.165) is 22.6 Å². The number of sulfonamides is 1. The highest BCUT2D eigenvalue weighted by atomic mass is 32.2. The van der Waals surface area contributed by atoms with Gasteiger partial charge in [0.1, 0.15) is 12.4 Å². The second-order valence-corrected chi connectivity index (χ2v) is 10.0. The zero-order valence-electron chi connectivity index (χ0n) is 19.7. The molecule has 1 aliphatic rings. The average molecular weight is 486 g/mol. The molecular formula is C25H31N3O5S. The van der Waals surface area contributed by atoms with E-state index >= 15 is 0 Å². The number of carbonyl (C=O) groups excluding carboxylic acids is 1. The van der Waals surface area contributed by atoms with Gasteiger partial charge in [-0.15, -0.1) is 0 Å². The standard InChI is InChI=1S/C25H31N3O5S/c1-17-5-12-22(13-6-17)34(30,31)28-27-24-14-7-18(2)15-23(24)25(16-33-19(3)29)26-20-8-10-21(32-4)11-9-20/h5-6,8-13,23,25-26,28H,2,7,14-16H2,1,3-4H3/b27-24+/t23-,25-/m1/s1. The number of hydrazone groups is 1. The van der Waals surface area contributed by atoms with Crippen molar-refractivity contribution in [3.8, 4) is 5.75 Å². The normalized spacial score (nSPS) is 18.3. The first-order valence-electron chi connectivity index (χ1n) is 11.0. The molecule has 2 atom stereocenters. The summed E-state index contributed by atoms with van der Waals surface area (Å²) in [6.45, 7) is 7.47. The highest BCUT2D eigenvalue weighted by Crippen LogP contribution is 2.30. The van der Waals surface area contributed by atoms with Crippen LogP contribution in [0.4, 0.5) is 5.69 Å². The van der Waals surface area contributed by atoms with Gasteiger partial charge in [0.15, 0.2) is 0 Å². The van der Waals surface area contributed by atoms with E-state index in [1.54, 1.807) is 31.4 Å². The summed E-state index contributed by atoms with van der Waals surface area (Å²) in [6.07, 6.45) is 1.87. The molecular weight excluding hydrogens is 454 g/mol. The van der Waals surface area contributed by atoms with Gasteiger partial charge >= 0.3 is 5.97 Å². The Morgan fingerprint density at radius 1 is 1.15 bits per heavy atom. The molecule has 0 spiro atoms. The van der Waals surface area contributed by atoms with E-state index in [0.29, 0.717) is 25.0 Å². The van der Waals surface area contributed by atoms with E-state index in [9.17, 15) is 13.2 Å². The van der Waals surface area contributed by atoms with Crippen LogP contribution in [0.5, 0.6) is 5.75 Å². The summed E-state index contributed by atoms with van der Waals surface area (Å²) in [7, 11) is -2.21. The Labute approximate surface area is 201 Å². The number of methoxy groups -OCH3 is 1. The Hall–Kier alpha value is -3.33. The van der Waals surface area contributed by atoms with E-state index in [1.807, 2.05) is 31.2 Å². The van der Waals surface area contributed by atoms with Crippen LogP contribution in [0, 0.1) is 12.8 Å². The van der Waals surface area contributed by atoms with Crippen molar-refractivity contribution in [3.63, 3.8) is 0 Å². The van der Waals surface area contributed by atoms with Crippen molar-refractivity contribution in [2.75, 3.05) is 19.0 Å². The van der Waals surface area contributed by atoms with Crippen LogP contribution in [0.25, 0.3) is 0 Å². The second kappa shape index (κ2) is 11.2. The maximum atomic E-state index is 12.8. The van der Waals surface area contributed by atoms with Gasteiger partial charge < -0.3 is 14.8 Å². The lowest BCUT2D eigenvalue weighted by molar-refractivity contribution is -0.141. The molecule has 1 fully saturated rings. The Morgan fingerprint density at radius 3 is 2.44 bits per heavy atom. The molecule has 0 radical (unpaired) electrons. The zero-order valence-corrected chi connectivity index (χ0v) is 20.5. The van der Waals surface area contributed by atoms with E-state index in [-0.39, 0.29) is 23.5 Å². The number of aryl methyl sites for hydroxylation is 1. The quantitative estimate of drug-likeness (QED) is 0.315. The summed E-state index contributed by atoms with van der Waals surface area (Å²) < 4.78 is 36.1. The number of benzene rings is 2. The SMILES string of the molecule is C=C1CC/C(=N\NS(=O)(=O)c2ccc(C)cc2)[C@H]([C@@H](COC(C)=O)Nc2ccc(OC)cc2)C1. The number of nitrogens with zero attached hydrogens (tertiary/aromatic N) is 1. The van der Waals surface area contributed by atoms with Gasteiger partial charge in [0.05, 0.1) is 18.0 Å². The molecule has 2 aromatic rings. The third kappa shape index (κ3) is 6.84. The molecule has 182 valence electrons. The smallest absolute Gasteiger partial charge is 0.302 e. The van der Waals surface area contributed by atoms with Crippen molar-refractivity contribution in [2.45, 2.75) is 44.0 Å². The number of rotatable bonds is 9. The van der Waals surface area contributed by atoms with E-state index in [4.69, 9.17) is 9.47 Å². The summed E-state index contributed by atoms with van der Waals surface area (Å²) in [4.78, 5) is 14.1. The number of hydrogen-bond donors (Lipinski definition) is 2. The Morgan fingerprint density at radius 2 is 1.82 bits per heavy atom. The summed E-state index contributed by atoms with van der Waals surface area (Å²) in [5, 5.41) is 7.73. The van der Waals surface area contributed by atoms with Crippen LogP contribution in [0.15, 0.2) is 70.7 Å². The predicted molar refractivity (Wildman–Crippen MR) is 132 cm³/mol. The van der Waals surface area contributed by atoms with Crippen molar-refractivity contribution in [1.82, 2.24) is 4.83 Å². The number of hydrogen-bond acceptors (Lipinski definition) is 7. The number of nitrogens with one attached hydrogen (secondary N) is 2. The third-order valence-electron chi connectivity index (χ3n) is 5.71. The fourth-order valence-electron chi connectivity index (χ4n) is 3.79. The van der Waals surface area contributed by atoms with Gasteiger partial charge in [-0.25, -0.2) is 4.83 Å². The third-order valence-corrected chi connectivity index (χ3v) is 6.93. The molecule has 2 aromatic carbocycles. The highest BCUT2D eigenvalue weighted by molar-refractivity contribution is 7.89. The minimum atomic E-state index is -3.81. The van der Waals surface area contributed by atoms with Crippen molar-refractivity contribution in [1.29, 1.82) is 0 Å².